The number of carbonyl (C=O) groups excluding carboxylic acids is 1. The van der Waals surface area contributed by atoms with Crippen LogP contribution >= 0.6 is 0 Å². The first-order valence-electron chi connectivity index (χ1n) is 9.89. The van der Waals surface area contributed by atoms with Gasteiger partial charge in [0.1, 0.15) is 5.75 Å². The van der Waals surface area contributed by atoms with Crippen LogP contribution in [0.1, 0.15) is 38.5 Å². The van der Waals surface area contributed by atoms with Crippen molar-refractivity contribution in [2.45, 2.75) is 44.6 Å². The minimum atomic E-state index is 0.132. The standard InChI is InChI=1S/C23H27NO2/c25-23(24-16-8-12-19-11-4-6-14-21(19)24)17-26-22-15-7-5-13-20(22)18-9-2-1-3-10-18/h1-3,5,7,9-10,13,15,19,21H,4,6,8,11-12,14,16-17H2. The minimum Gasteiger partial charge on any atom is -0.483 e. The Morgan fingerprint density at radius 2 is 1.65 bits per heavy atom. The van der Waals surface area contributed by atoms with Crippen molar-refractivity contribution in [2.24, 2.45) is 5.92 Å². The average Bonchev–Trinajstić information content (AvgIpc) is 2.72. The van der Waals surface area contributed by atoms with Crippen molar-refractivity contribution in [1.82, 2.24) is 4.90 Å². The van der Waals surface area contributed by atoms with E-state index in [1.165, 1.54) is 25.7 Å². The summed E-state index contributed by atoms with van der Waals surface area (Å²) in [7, 11) is 0. The van der Waals surface area contributed by atoms with E-state index in [0.717, 1.165) is 36.3 Å². The fraction of sp³-hybridized carbons (Fsp3) is 0.435. The fourth-order valence-corrected chi connectivity index (χ4v) is 4.61. The summed E-state index contributed by atoms with van der Waals surface area (Å²) in [6.45, 7) is 1.02. The van der Waals surface area contributed by atoms with Gasteiger partial charge in [-0.1, -0.05) is 61.4 Å². The molecule has 136 valence electrons. The van der Waals surface area contributed by atoms with Crippen molar-refractivity contribution in [3.05, 3.63) is 54.6 Å². The second kappa shape index (κ2) is 7.94. The van der Waals surface area contributed by atoms with Crippen LogP contribution in [0.2, 0.25) is 0 Å². The largest absolute Gasteiger partial charge is 0.483 e. The Hall–Kier alpha value is -2.29. The van der Waals surface area contributed by atoms with E-state index in [9.17, 15) is 4.79 Å². The van der Waals surface area contributed by atoms with Crippen LogP contribution in [0, 0.1) is 5.92 Å². The molecule has 0 aromatic heterocycles. The van der Waals surface area contributed by atoms with E-state index in [-0.39, 0.29) is 12.5 Å². The van der Waals surface area contributed by atoms with Crippen LogP contribution in [0.5, 0.6) is 5.75 Å². The molecular weight excluding hydrogens is 322 g/mol. The summed E-state index contributed by atoms with van der Waals surface area (Å²) in [6, 6.07) is 18.6. The Morgan fingerprint density at radius 3 is 2.54 bits per heavy atom. The second-order valence-corrected chi connectivity index (χ2v) is 7.49. The van der Waals surface area contributed by atoms with Gasteiger partial charge < -0.3 is 9.64 Å². The van der Waals surface area contributed by atoms with Crippen molar-refractivity contribution in [3.8, 4) is 16.9 Å². The van der Waals surface area contributed by atoms with Gasteiger partial charge in [-0.2, -0.15) is 0 Å². The first-order valence-corrected chi connectivity index (χ1v) is 9.89. The van der Waals surface area contributed by atoms with Crippen LogP contribution in [0.3, 0.4) is 0 Å². The molecule has 2 aromatic rings. The lowest BCUT2D eigenvalue weighted by molar-refractivity contribution is -0.139. The number of nitrogens with zero attached hydrogens (tertiary/aromatic N) is 1. The summed E-state index contributed by atoms with van der Waals surface area (Å²) < 4.78 is 6.00. The summed E-state index contributed by atoms with van der Waals surface area (Å²) in [5.41, 5.74) is 2.15. The molecule has 0 spiro atoms. The Balaban J connectivity index is 1.45. The minimum absolute atomic E-state index is 0.132. The highest BCUT2D eigenvalue weighted by Gasteiger charge is 2.35. The maximum Gasteiger partial charge on any atom is 0.260 e. The van der Waals surface area contributed by atoms with Crippen molar-refractivity contribution in [3.63, 3.8) is 0 Å². The number of hydrogen-bond donors (Lipinski definition) is 0. The topological polar surface area (TPSA) is 29.5 Å². The van der Waals surface area contributed by atoms with Crippen molar-refractivity contribution >= 4 is 5.91 Å². The highest BCUT2D eigenvalue weighted by molar-refractivity contribution is 5.79. The number of piperidine rings is 1. The SMILES string of the molecule is O=C(COc1ccccc1-c1ccccc1)N1CCCC2CCCCC21. The fourth-order valence-electron chi connectivity index (χ4n) is 4.61. The Kier molecular flexibility index (Phi) is 5.24. The van der Waals surface area contributed by atoms with Crippen LogP contribution in [0.15, 0.2) is 54.6 Å². The smallest absolute Gasteiger partial charge is 0.260 e. The van der Waals surface area contributed by atoms with Crippen LogP contribution in [-0.4, -0.2) is 30.0 Å². The van der Waals surface area contributed by atoms with Gasteiger partial charge >= 0.3 is 0 Å². The Labute approximate surface area is 156 Å². The van der Waals surface area contributed by atoms with Gasteiger partial charge in [-0.05, 0) is 43.2 Å². The molecule has 3 heteroatoms. The molecule has 26 heavy (non-hydrogen) atoms. The first kappa shape index (κ1) is 17.1. The quantitative estimate of drug-likeness (QED) is 0.784. The normalized spacial score (nSPS) is 22.5. The number of ether oxygens (including phenoxy) is 1. The van der Waals surface area contributed by atoms with Gasteiger partial charge in [0.25, 0.3) is 5.91 Å². The molecule has 4 rings (SSSR count). The number of para-hydroxylation sites is 1. The zero-order valence-corrected chi connectivity index (χ0v) is 15.3. The van der Waals surface area contributed by atoms with Crippen LogP contribution in [0.25, 0.3) is 11.1 Å². The predicted molar refractivity (Wildman–Crippen MR) is 104 cm³/mol. The first-order chi connectivity index (χ1) is 12.8. The van der Waals surface area contributed by atoms with Gasteiger partial charge in [0.15, 0.2) is 6.61 Å². The van der Waals surface area contributed by atoms with E-state index >= 15 is 0 Å². The van der Waals surface area contributed by atoms with Gasteiger partial charge in [-0.3, -0.25) is 4.79 Å². The molecule has 2 aliphatic rings. The molecule has 1 heterocycles. The van der Waals surface area contributed by atoms with Crippen LogP contribution in [-0.2, 0) is 4.79 Å². The van der Waals surface area contributed by atoms with Crippen LogP contribution in [0.4, 0.5) is 0 Å². The van der Waals surface area contributed by atoms with Crippen molar-refractivity contribution in [2.75, 3.05) is 13.2 Å². The molecule has 2 unspecified atom stereocenters. The molecule has 0 N–H and O–H groups in total. The molecule has 1 aliphatic heterocycles. The van der Waals surface area contributed by atoms with Crippen molar-refractivity contribution < 1.29 is 9.53 Å². The maximum atomic E-state index is 12.9. The molecule has 2 fully saturated rings. The highest BCUT2D eigenvalue weighted by Crippen LogP contribution is 2.35. The third-order valence-corrected chi connectivity index (χ3v) is 5.89. The van der Waals surface area contributed by atoms with E-state index in [0.29, 0.717) is 12.0 Å². The zero-order valence-electron chi connectivity index (χ0n) is 15.3. The number of hydrogen-bond acceptors (Lipinski definition) is 2. The lowest BCUT2D eigenvalue weighted by Gasteiger charge is -2.44. The van der Waals surface area contributed by atoms with E-state index in [1.54, 1.807) is 0 Å². The van der Waals surface area contributed by atoms with Gasteiger partial charge in [0, 0.05) is 18.2 Å². The number of benzene rings is 2. The molecule has 0 radical (unpaired) electrons. The number of carbonyl (C=O) groups is 1. The summed E-state index contributed by atoms with van der Waals surface area (Å²) in [6.07, 6.45) is 7.44. The van der Waals surface area contributed by atoms with E-state index < -0.39 is 0 Å². The van der Waals surface area contributed by atoms with Crippen molar-refractivity contribution in [1.29, 1.82) is 0 Å². The molecule has 1 aliphatic carbocycles. The maximum absolute atomic E-state index is 12.9. The lowest BCUT2D eigenvalue weighted by atomic mass is 9.78. The van der Waals surface area contributed by atoms with E-state index in [2.05, 4.69) is 17.0 Å². The third-order valence-electron chi connectivity index (χ3n) is 5.89. The lowest BCUT2D eigenvalue weighted by Crippen LogP contribution is -2.51. The van der Waals surface area contributed by atoms with E-state index in [4.69, 9.17) is 4.74 Å². The number of fused-ring (bicyclic) bond motifs is 1. The zero-order chi connectivity index (χ0) is 17.8. The monoisotopic (exact) mass is 349 g/mol. The van der Waals surface area contributed by atoms with Gasteiger partial charge in [-0.15, -0.1) is 0 Å². The number of rotatable bonds is 4. The molecule has 2 aromatic carbocycles. The molecule has 1 amide bonds. The summed E-state index contributed by atoms with van der Waals surface area (Å²) in [5.74, 6) is 1.63. The summed E-state index contributed by atoms with van der Waals surface area (Å²) in [5, 5.41) is 0. The molecular formula is C23H27NO2. The Bertz CT molecular complexity index is 741. The van der Waals surface area contributed by atoms with Gasteiger partial charge in [0.05, 0.1) is 0 Å². The summed E-state index contributed by atoms with van der Waals surface area (Å²) >= 11 is 0. The predicted octanol–water partition coefficient (Wildman–Crippen LogP) is 4.91. The highest BCUT2D eigenvalue weighted by atomic mass is 16.5. The average molecular weight is 349 g/mol. The third kappa shape index (κ3) is 3.62. The van der Waals surface area contributed by atoms with Gasteiger partial charge in [-0.25, -0.2) is 0 Å². The molecule has 1 saturated heterocycles. The number of likely N-dealkylation sites (tertiary alicyclic amines) is 1. The Morgan fingerprint density at radius 1 is 0.923 bits per heavy atom. The molecule has 2 atom stereocenters. The molecule has 1 saturated carbocycles. The summed E-state index contributed by atoms with van der Waals surface area (Å²) in [4.78, 5) is 15.0. The molecule has 0 bridgehead atoms. The van der Waals surface area contributed by atoms with Gasteiger partial charge in [0.2, 0.25) is 0 Å². The van der Waals surface area contributed by atoms with Crippen LogP contribution < -0.4 is 4.74 Å². The molecule has 3 nitrogen and oxygen atoms in total. The number of amides is 1. The van der Waals surface area contributed by atoms with E-state index in [1.807, 2.05) is 42.5 Å². The second-order valence-electron chi connectivity index (χ2n) is 7.49.